The second-order valence-electron chi connectivity index (χ2n) is 6.27. The lowest BCUT2D eigenvalue weighted by Gasteiger charge is -2.34. The quantitative estimate of drug-likeness (QED) is 0.783. The average Bonchev–Trinajstić information content (AvgIpc) is 3.03. The molecule has 0 spiro atoms. The number of aromatic nitrogens is 2. The van der Waals surface area contributed by atoms with Gasteiger partial charge in [0.15, 0.2) is 5.69 Å². The molecular formula is C16H19F2N5O3S. The number of nitrogens with zero attached hydrogens (tertiary/aromatic N) is 3. The summed E-state index contributed by atoms with van der Waals surface area (Å²) in [5, 5.41) is 0. The Morgan fingerprint density at radius 3 is 2.26 bits per heavy atom. The van der Waals surface area contributed by atoms with Gasteiger partial charge < -0.3 is 20.9 Å². The molecule has 0 atom stereocenters. The maximum atomic E-state index is 12.6. The van der Waals surface area contributed by atoms with Crippen molar-refractivity contribution in [3.63, 3.8) is 0 Å². The summed E-state index contributed by atoms with van der Waals surface area (Å²) < 4.78 is 49.9. The van der Waals surface area contributed by atoms with Crippen LogP contribution in [-0.4, -0.2) is 42.7 Å². The predicted molar refractivity (Wildman–Crippen MR) is 95.3 cm³/mol. The lowest BCUT2D eigenvalue weighted by molar-refractivity contribution is 0.0997. The fourth-order valence-electron chi connectivity index (χ4n) is 3.20. The van der Waals surface area contributed by atoms with E-state index in [1.165, 1.54) is 30.6 Å². The maximum Gasteiger partial charge on any atom is 0.341 e. The van der Waals surface area contributed by atoms with Crippen molar-refractivity contribution in [1.29, 1.82) is 0 Å². The predicted octanol–water partition coefficient (Wildman–Crippen LogP) is 1.40. The van der Waals surface area contributed by atoms with Gasteiger partial charge in [-0.15, -0.1) is 0 Å². The summed E-state index contributed by atoms with van der Waals surface area (Å²) in [6.45, 7) is 1.30. The number of carbonyl (C=O) groups is 1. The highest BCUT2D eigenvalue weighted by Crippen LogP contribution is 2.30. The normalized spacial score (nSPS) is 16.0. The molecule has 2 aromatic rings. The zero-order valence-corrected chi connectivity index (χ0v) is 15.1. The molecule has 1 fully saturated rings. The molecule has 1 aliphatic heterocycles. The Morgan fingerprint density at radius 2 is 1.78 bits per heavy atom. The fraction of sp³-hybridized carbons (Fsp3) is 0.375. The average molecular weight is 399 g/mol. The summed E-state index contributed by atoms with van der Waals surface area (Å²) >= 11 is 0. The Morgan fingerprint density at radius 1 is 1.19 bits per heavy atom. The maximum absolute atomic E-state index is 12.6. The highest BCUT2D eigenvalue weighted by molar-refractivity contribution is 7.91. The molecule has 2 heterocycles. The van der Waals surface area contributed by atoms with E-state index in [-0.39, 0.29) is 17.6 Å². The molecule has 146 valence electrons. The third kappa shape index (κ3) is 3.59. The van der Waals surface area contributed by atoms with Gasteiger partial charge in [-0.2, -0.15) is 8.78 Å². The topological polar surface area (TPSA) is 124 Å². The minimum atomic E-state index is -4.59. The first-order chi connectivity index (χ1) is 12.7. The third-order valence-electron chi connectivity index (χ3n) is 4.69. The van der Waals surface area contributed by atoms with Gasteiger partial charge in [-0.1, -0.05) is 0 Å². The van der Waals surface area contributed by atoms with Gasteiger partial charge >= 0.3 is 5.76 Å². The number of anilines is 2. The van der Waals surface area contributed by atoms with E-state index in [0.29, 0.717) is 13.1 Å². The number of benzene rings is 1. The monoisotopic (exact) mass is 399 g/mol. The molecule has 27 heavy (non-hydrogen) atoms. The van der Waals surface area contributed by atoms with Crippen LogP contribution in [0.25, 0.3) is 0 Å². The van der Waals surface area contributed by atoms with E-state index in [4.69, 9.17) is 11.5 Å². The standard InChI is InChI=1S/C16H19F2N5O3S/c17-16(18)27(25,26)12-3-1-10(2-4-12)22-7-5-11(6-8-22)23-9-21-13(14(23)19)15(20)24/h1-4,9,11,16H,5-8,19H2,(H2,20,24). The number of sulfone groups is 1. The Kier molecular flexibility index (Phi) is 5.05. The molecule has 0 aliphatic carbocycles. The fourth-order valence-corrected chi connectivity index (χ4v) is 3.92. The first-order valence-corrected chi connectivity index (χ1v) is 9.75. The minimum absolute atomic E-state index is 0.0493. The van der Waals surface area contributed by atoms with Gasteiger partial charge in [0.05, 0.1) is 11.2 Å². The summed E-state index contributed by atoms with van der Waals surface area (Å²) in [4.78, 5) is 16.8. The number of piperidine rings is 1. The van der Waals surface area contributed by atoms with Gasteiger partial charge in [-0.3, -0.25) is 4.79 Å². The Labute approximate surface area is 154 Å². The summed E-state index contributed by atoms with van der Waals surface area (Å²) in [5.74, 6) is -3.88. The first kappa shape index (κ1) is 19.1. The zero-order chi connectivity index (χ0) is 19.8. The molecule has 11 heteroatoms. The van der Waals surface area contributed by atoms with Crippen LogP contribution >= 0.6 is 0 Å². The van der Waals surface area contributed by atoms with E-state index in [9.17, 15) is 22.0 Å². The van der Waals surface area contributed by atoms with Crippen LogP contribution < -0.4 is 16.4 Å². The number of imidazole rings is 1. The molecule has 3 rings (SSSR count). The summed E-state index contributed by atoms with van der Waals surface area (Å²) in [6, 6.07) is 5.48. The van der Waals surface area contributed by atoms with Gasteiger partial charge in [0.2, 0.25) is 9.84 Å². The lowest BCUT2D eigenvalue weighted by atomic mass is 10.0. The summed E-state index contributed by atoms with van der Waals surface area (Å²) in [6.07, 6.45) is 2.94. The zero-order valence-electron chi connectivity index (χ0n) is 14.3. The van der Waals surface area contributed by atoms with Crippen LogP contribution in [0, 0.1) is 0 Å². The summed E-state index contributed by atoms with van der Waals surface area (Å²) in [7, 11) is -4.59. The Bertz CT molecular complexity index is 935. The first-order valence-electron chi connectivity index (χ1n) is 8.21. The number of halogens is 2. The van der Waals surface area contributed by atoms with Crippen LogP contribution in [0.1, 0.15) is 29.4 Å². The second-order valence-corrected chi connectivity index (χ2v) is 8.19. The number of nitrogen functional groups attached to an aromatic ring is 1. The number of nitrogens with two attached hydrogens (primary N) is 2. The number of alkyl halides is 2. The molecule has 8 nitrogen and oxygen atoms in total. The van der Waals surface area contributed by atoms with Crippen molar-refractivity contribution in [3.8, 4) is 0 Å². The molecule has 1 amide bonds. The van der Waals surface area contributed by atoms with Crippen molar-refractivity contribution in [2.24, 2.45) is 5.73 Å². The number of rotatable bonds is 5. The van der Waals surface area contributed by atoms with Crippen molar-refractivity contribution >= 4 is 27.2 Å². The van der Waals surface area contributed by atoms with Crippen LogP contribution in [0.2, 0.25) is 0 Å². The van der Waals surface area contributed by atoms with Crippen LogP contribution in [0.15, 0.2) is 35.5 Å². The smallest absolute Gasteiger partial charge is 0.341 e. The molecule has 1 aliphatic rings. The largest absolute Gasteiger partial charge is 0.383 e. The van der Waals surface area contributed by atoms with Crippen molar-refractivity contribution in [1.82, 2.24) is 9.55 Å². The number of primary amides is 1. The van der Waals surface area contributed by atoms with Gasteiger partial charge in [0.1, 0.15) is 5.82 Å². The number of hydrogen-bond donors (Lipinski definition) is 2. The third-order valence-corrected chi connectivity index (χ3v) is 6.09. The van der Waals surface area contributed by atoms with Gasteiger partial charge in [-0.25, -0.2) is 13.4 Å². The molecule has 1 saturated heterocycles. The van der Waals surface area contributed by atoms with E-state index in [2.05, 4.69) is 4.98 Å². The Balaban J connectivity index is 1.68. The second kappa shape index (κ2) is 7.14. The van der Waals surface area contributed by atoms with E-state index in [0.717, 1.165) is 18.5 Å². The number of amides is 1. The van der Waals surface area contributed by atoms with Crippen LogP contribution in [-0.2, 0) is 9.84 Å². The van der Waals surface area contributed by atoms with Gasteiger partial charge in [0.25, 0.3) is 5.91 Å². The molecule has 1 aromatic carbocycles. The SMILES string of the molecule is NC(=O)c1ncn(C2CCN(c3ccc(S(=O)(=O)C(F)F)cc3)CC2)c1N. The highest BCUT2D eigenvalue weighted by Gasteiger charge is 2.27. The molecular weight excluding hydrogens is 380 g/mol. The Hall–Kier alpha value is -2.69. The molecule has 0 unspecified atom stereocenters. The van der Waals surface area contributed by atoms with E-state index in [1.807, 2.05) is 4.90 Å². The number of hydrogen-bond acceptors (Lipinski definition) is 6. The van der Waals surface area contributed by atoms with Crippen molar-refractivity contribution < 1.29 is 22.0 Å². The van der Waals surface area contributed by atoms with Gasteiger partial charge in [0, 0.05) is 24.8 Å². The van der Waals surface area contributed by atoms with Crippen molar-refractivity contribution in [3.05, 3.63) is 36.3 Å². The highest BCUT2D eigenvalue weighted by atomic mass is 32.2. The van der Waals surface area contributed by atoms with Crippen LogP contribution in [0.5, 0.6) is 0 Å². The van der Waals surface area contributed by atoms with Gasteiger partial charge in [-0.05, 0) is 37.1 Å². The van der Waals surface area contributed by atoms with E-state index < -0.39 is 26.4 Å². The van der Waals surface area contributed by atoms with Crippen LogP contribution in [0.3, 0.4) is 0 Å². The van der Waals surface area contributed by atoms with Crippen molar-refractivity contribution in [2.45, 2.75) is 29.5 Å². The summed E-state index contributed by atoms with van der Waals surface area (Å²) in [5.41, 5.74) is 12.0. The molecule has 0 radical (unpaired) electrons. The van der Waals surface area contributed by atoms with Crippen LogP contribution in [0.4, 0.5) is 20.3 Å². The molecule has 4 N–H and O–H groups in total. The van der Waals surface area contributed by atoms with E-state index >= 15 is 0 Å². The lowest BCUT2D eigenvalue weighted by Crippen LogP contribution is -2.34. The number of carbonyl (C=O) groups excluding carboxylic acids is 1. The van der Waals surface area contributed by atoms with E-state index in [1.54, 1.807) is 4.57 Å². The molecule has 1 aromatic heterocycles. The minimum Gasteiger partial charge on any atom is -0.383 e. The van der Waals surface area contributed by atoms with Crippen molar-refractivity contribution in [2.75, 3.05) is 23.7 Å². The molecule has 0 saturated carbocycles. The molecule has 0 bridgehead atoms.